The van der Waals surface area contributed by atoms with Crippen LogP contribution in [0.1, 0.15) is 63.4 Å². The van der Waals surface area contributed by atoms with E-state index in [2.05, 4.69) is 50.2 Å². The van der Waals surface area contributed by atoms with Gasteiger partial charge >= 0.3 is 0 Å². The highest BCUT2D eigenvalue weighted by atomic mass is 16.1. The van der Waals surface area contributed by atoms with Crippen molar-refractivity contribution in [3.8, 4) is 0 Å². The molecule has 6 atom stereocenters. The molecule has 0 aliphatic heterocycles. The van der Waals surface area contributed by atoms with Crippen molar-refractivity contribution in [3.63, 3.8) is 0 Å². The number of carbonyl (C=O) groups is 2. The number of allylic oxidation sites excluding steroid dienone is 1. The summed E-state index contributed by atoms with van der Waals surface area (Å²) in [6.07, 6.45) is 8.72. The van der Waals surface area contributed by atoms with E-state index in [4.69, 9.17) is 0 Å². The van der Waals surface area contributed by atoms with Crippen molar-refractivity contribution < 1.29 is 9.59 Å². The predicted octanol–water partition coefficient (Wildman–Crippen LogP) is 5.16. The summed E-state index contributed by atoms with van der Waals surface area (Å²) < 4.78 is 0. The van der Waals surface area contributed by atoms with E-state index < -0.39 is 0 Å². The third-order valence-electron chi connectivity index (χ3n) is 8.85. The van der Waals surface area contributed by atoms with Gasteiger partial charge in [0.2, 0.25) is 0 Å². The second kappa shape index (κ2) is 6.82. The fourth-order valence-electron chi connectivity index (χ4n) is 7.44. The van der Waals surface area contributed by atoms with Gasteiger partial charge in [-0.05, 0) is 85.5 Å². The minimum absolute atomic E-state index is 0.155. The molecule has 4 aliphatic rings. The van der Waals surface area contributed by atoms with Crippen molar-refractivity contribution >= 4 is 17.3 Å². The number of fused-ring (bicyclic) bond motifs is 5. The Kier molecular flexibility index (Phi) is 4.49. The van der Waals surface area contributed by atoms with Gasteiger partial charge in [-0.3, -0.25) is 9.59 Å². The van der Waals surface area contributed by atoms with Gasteiger partial charge in [0.05, 0.1) is 0 Å². The number of nitrogens with zero attached hydrogens (tertiary/aromatic N) is 1. The Balaban J connectivity index is 1.58. The number of benzene rings is 1. The molecule has 0 aromatic heterocycles. The van der Waals surface area contributed by atoms with Gasteiger partial charge in [-0.2, -0.15) is 0 Å². The Hall–Kier alpha value is -1.90. The fourth-order valence-corrected chi connectivity index (χ4v) is 7.44. The Morgan fingerprint density at radius 2 is 1.69 bits per heavy atom. The number of ketones is 2. The first-order valence-electron chi connectivity index (χ1n) is 11.4. The molecule has 0 bridgehead atoms. The van der Waals surface area contributed by atoms with E-state index in [-0.39, 0.29) is 5.41 Å². The lowest BCUT2D eigenvalue weighted by atomic mass is 9.48. The van der Waals surface area contributed by atoms with Crippen LogP contribution >= 0.6 is 0 Å². The lowest BCUT2D eigenvalue weighted by Gasteiger charge is -2.55. The molecule has 0 amide bonds. The van der Waals surface area contributed by atoms with Crippen molar-refractivity contribution in [1.82, 2.24) is 0 Å². The van der Waals surface area contributed by atoms with Crippen molar-refractivity contribution in [2.75, 3.05) is 19.0 Å². The maximum atomic E-state index is 13.0. The lowest BCUT2D eigenvalue weighted by Crippen LogP contribution is -2.50. The number of anilines is 1. The average molecular weight is 392 g/mol. The number of rotatable bonds is 2. The lowest BCUT2D eigenvalue weighted by molar-refractivity contribution is -0.132. The highest BCUT2D eigenvalue weighted by molar-refractivity contribution is 5.91. The molecule has 154 valence electrons. The standard InChI is InChI=1S/C26H33NO2/c1-26-15-22(16-4-7-18(8-5-16)27(2)3)25-20-11-9-19(28)14-17(20)6-10-21(25)23(26)12-13-24(26)29/h4-5,7-8,14,20-23,25H,6,9-13,15H2,1-3H3/t20-,21-,22+,23-,25+,26-/m0/s1. The molecule has 3 fully saturated rings. The SMILES string of the molecule is CN(C)c1ccc([C@H]2C[C@]3(C)C(=O)CC[C@H]3[C@@H]3CCC4=CC(=O)CC[C@@H]4[C@H]32)cc1. The van der Waals surface area contributed by atoms with Crippen molar-refractivity contribution in [2.45, 2.75) is 57.8 Å². The fraction of sp³-hybridized carbons (Fsp3) is 0.615. The summed E-state index contributed by atoms with van der Waals surface area (Å²) in [5.74, 6) is 3.50. The quantitative estimate of drug-likeness (QED) is 0.699. The second-order valence-electron chi connectivity index (χ2n) is 10.4. The van der Waals surface area contributed by atoms with E-state index in [1.165, 1.54) is 16.8 Å². The number of Topliss-reactive ketones (excluding diaryl/α,β-unsaturated/α-hetero) is 1. The number of hydrogen-bond acceptors (Lipinski definition) is 3. The Morgan fingerprint density at radius 3 is 2.41 bits per heavy atom. The van der Waals surface area contributed by atoms with Crippen LogP contribution in [-0.4, -0.2) is 25.7 Å². The average Bonchev–Trinajstić information content (AvgIpc) is 3.01. The first-order chi connectivity index (χ1) is 13.9. The van der Waals surface area contributed by atoms with Crippen LogP contribution in [0.2, 0.25) is 0 Å². The summed E-state index contributed by atoms with van der Waals surface area (Å²) in [5.41, 5.74) is 3.86. The topological polar surface area (TPSA) is 37.4 Å². The smallest absolute Gasteiger partial charge is 0.155 e. The van der Waals surface area contributed by atoms with E-state index in [0.29, 0.717) is 47.6 Å². The first kappa shape index (κ1) is 19.1. The molecular weight excluding hydrogens is 358 g/mol. The van der Waals surface area contributed by atoms with Gasteiger partial charge in [-0.15, -0.1) is 0 Å². The van der Waals surface area contributed by atoms with Gasteiger partial charge in [0.25, 0.3) is 0 Å². The van der Waals surface area contributed by atoms with Crippen LogP contribution in [0.25, 0.3) is 0 Å². The van der Waals surface area contributed by atoms with Gasteiger partial charge < -0.3 is 4.90 Å². The van der Waals surface area contributed by atoms with Gasteiger partial charge in [0, 0.05) is 38.0 Å². The van der Waals surface area contributed by atoms with Gasteiger partial charge in [0.1, 0.15) is 5.78 Å². The van der Waals surface area contributed by atoms with Crippen LogP contribution in [0.15, 0.2) is 35.9 Å². The maximum Gasteiger partial charge on any atom is 0.155 e. The molecular formula is C26H33NO2. The summed E-state index contributed by atoms with van der Waals surface area (Å²) in [7, 11) is 4.15. The first-order valence-corrected chi connectivity index (χ1v) is 11.4. The van der Waals surface area contributed by atoms with Crippen LogP contribution in [0.4, 0.5) is 5.69 Å². The molecule has 3 nitrogen and oxygen atoms in total. The van der Waals surface area contributed by atoms with Crippen molar-refractivity contribution in [2.24, 2.45) is 29.1 Å². The molecule has 3 heteroatoms. The highest BCUT2D eigenvalue weighted by Gasteiger charge is 2.59. The monoisotopic (exact) mass is 391 g/mol. The summed E-state index contributed by atoms with van der Waals surface area (Å²) in [5, 5.41) is 0. The number of carbonyl (C=O) groups excluding carboxylic acids is 2. The van der Waals surface area contributed by atoms with Crippen LogP contribution in [-0.2, 0) is 9.59 Å². The predicted molar refractivity (Wildman–Crippen MR) is 116 cm³/mol. The molecule has 0 heterocycles. The summed E-state index contributed by atoms with van der Waals surface area (Å²) in [6, 6.07) is 9.04. The minimum Gasteiger partial charge on any atom is -0.378 e. The van der Waals surface area contributed by atoms with E-state index in [1.807, 2.05) is 6.08 Å². The molecule has 5 rings (SSSR count). The van der Waals surface area contributed by atoms with E-state index in [1.54, 1.807) is 0 Å². The third kappa shape index (κ3) is 2.92. The normalized spacial score (nSPS) is 38.7. The Labute approximate surface area is 174 Å². The molecule has 4 aliphatic carbocycles. The largest absolute Gasteiger partial charge is 0.378 e. The van der Waals surface area contributed by atoms with Gasteiger partial charge in [0.15, 0.2) is 5.78 Å². The molecule has 0 spiro atoms. The van der Waals surface area contributed by atoms with Gasteiger partial charge in [-0.1, -0.05) is 24.6 Å². The zero-order chi connectivity index (χ0) is 20.3. The van der Waals surface area contributed by atoms with Crippen LogP contribution in [0.5, 0.6) is 0 Å². The molecule has 0 saturated heterocycles. The molecule has 1 aromatic carbocycles. The second-order valence-corrected chi connectivity index (χ2v) is 10.4. The third-order valence-corrected chi connectivity index (χ3v) is 8.85. The minimum atomic E-state index is -0.155. The van der Waals surface area contributed by atoms with Crippen molar-refractivity contribution in [3.05, 3.63) is 41.5 Å². The summed E-state index contributed by atoms with van der Waals surface area (Å²) in [6.45, 7) is 2.26. The van der Waals surface area contributed by atoms with E-state index >= 15 is 0 Å². The molecule has 29 heavy (non-hydrogen) atoms. The molecule has 0 N–H and O–H groups in total. The Morgan fingerprint density at radius 1 is 0.931 bits per heavy atom. The Bertz CT molecular complexity index is 867. The molecule has 0 radical (unpaired) electrons. The van der Waals surface area contributed by atoms with Gasteiger partial charge in [-0.25, -0.2) is 0 Å². The van der Waals surface area contributed by atoms with E-state index in [9.17, 15) is 9.59 Å². The van der Waals surface area contributed by atoms with Crippen molar-refractivity contribution in [1.29, 1.82) is 0 Å². The van der Waals surface area contributed by atoms with Crippen LogP contribution < -0.4 is 4.90 Å². The molecule has 1 aromatic rings. The summed E-state index contributed by atoms with van der Waals surface area (Å²) in [4.78, 5) is 27.2. The highest BCUT2D eigenvalue weighted by Crippen LogP contribution is 2.64. The molecule has 0 unspecified atom stereocenters. The zero-order valence-corrected chi connectivity index (χ0v) is 18.0. The summed E-state index contributed by atoms with van der Waals surface area (Å²) >= 11 is 0. The molecule has 3 saturated carbocycles. The van der Waals surface area contributed by atoms with Crippen LogP contribution in [0, 0.1) is 29.1 Å². The van der Waals surface area contributed by atoms with E-state index in [0.717, 1.165) is 38.5 Å². The zero-order valence-electron chi connectivity index (χ0n) is 18.0. The maximum absolute atomic E-state index is 13.0. The number of hydrogen-bond donors (Lipinski definition) is 0. The van der Waals surface area contributed by atoms with Crippen LogP contribution in [0.3, 0.4) is 0 Å².